The van der Waals surface area contributed by atoms with E-state index in [0.717, 1.165) is 0 Å². The predicted octanol–water partition coefficient (Wildman–Crippen LogP) is 2.78. The molecule has 0 aliphatic rings. The number of aliphatic carboxylic acids is 1. The van der Waals surface area contributed by atoms with Crippen LogP contribution in [0.15, 0.2) is 34.9 Å². The molecule has 0 bridgehead atoms. The van der Waals surface area contributed by atoms with Gasteiger partial charge in [-0.05, 0) is 31.7 Å². The summed E-state index contributed by atoms with van der Waals surface area (Å²) in [5, 5.41) is 9.11. The van der Waals surface area contributed by atoms with Crippen molar-refractivity contribution in [2.75, 3.05) is 7.05 Å². The van der Waals surface area contributed by atoms with E-state index >= 15 is 0 Å². The molecule has 1 heterocycles. The lowest BCUT2D eigenvalue weighted by molar-refractivity contribution is -0.143. The first-order chi connectivity index (χ1) is 10.0. The molecule has 5 nitrogen and oxygen atoms in total. The maximum absolute atomic E-state index is 13.2. The van der Waals surface area contributed by atoms with E-state index < -0.39 is 12.0 Å². The summed E-state index contributed by atoms with van der Waals surface area (Å²) < 4.78 is 18.5. The van der Waals surface area contributed by atoms with E-state index in [0.29, 0.717) is 30.1 Å². The first-order valence-corrected chi connectivity index (χ1v) is 6.64. The average molecular weight is 292 g/mol. The highest BCUT2D eigenvalue weighted by atomic mass is 19.1. The highest BCUT2D eigenvalue weighted by Crippen LogP contribution is 2.20. The van der Waals surface area contributed by atoms with Crippen LogP contribution >= 0.6 is 0 Å². The molecule has 1 unspecified atom stereocenters. The maximum Gasteiger partial charge on any atom is 0.320 e. The number of carbonyl (C=O) groups is 1. The van der Waals surface area contributed by atoms with E-state index in [4.69, 9.17) is 9.52 Å². The molecule has 0 aliphatic carbocycles. The fourth-order valence-corrected chi connectivity index (χ4v) is 2.17. The van der Waals surface area contributed by atoms with Gasteiger partial charge in [-0.25, -0.2) is 9.37 Å². The Kier molecular flexibility index (Phi) is 4.70. The van der Waals surface area contributed by atoms with Crippen molar-refractivity contribution in [3.63, 3.8) is 0 Å². The second kappa shape index (κ2) is 6.49. The number of aromatic nitrogens is 1. The molecule has 0 spiro atoms. The van der Waals surface area contributed by atoms with Crippen LogP contribution in [0.2, 0.25) is 0 Å². The quantitative estimate of drug-likeness (QED) is 0.886. The van der Waals surface area contributed by atoms with Crippen LogP contribution in [0.3, 0.4) is 0 Å². The minimum atomic E-state index is -0.867. The van der Waals surface area contributed by atoms with Crippen LogP contribution in [0.5, 0.6) is 0 Å². The van der Waals surface area contributed by atoms with Crippen molar-refractivity contribution in [1.29, 1.82) is 0 Å². The number of hydrogen-bond donors (Lipinski definition) is 1. The molecule has 0 radical (unpaired) electrons. The Morgan fingerprint density at radius 2 is 2.29 bits per heavy atom. The van der Waals surface area contributed by atoms with E-state index in [1.165, 1.54) is 18.4 Å². The van der Waals surface area contributed by atoms with Crippen molar-refractivity contribution in [3.8, 4) is 11.5 Å². The van der Waals surface area contributed by atoms with Crippen LogP contribution in [-0.2, 0) is 11.3 Å². The lowest BCUT2D eigenvalue weighted by Gasteiger charge is -2.21. The molecule has 0 fully saturated rings. The Morgan fingerprint density at radius 1 is 1.52 bits per heavy atom. The van der Waals surface area contributed by atoms with E-state index in [2.05, 4.69) is 4.98 Å². The van der Waals surface area contributed by atoms with Gasteiger partial charge in [0.2, 0.25) is 5.89 Å². The molecular weight excluding hydrogens is 275 g/mol. The number of carboxylic acids is 1. The second-order valence-electron chi connectivity index (χ2n) is 4.83. The topological polar surface area (TPSA) is 66.6 Å². The monoisotopic (exact) mass is 292 g/mol. The first kappa shape index (κ1) is 15.2. The third-order valence-electron chi connectivity index (χ3n) is 3.24. The number of nitrogens with zero attached hydrogens (tertiary/aromatic N) is 2. The van der Waals surface area contributed by atoms with Crippen molar-refractivity contribution < 1.29 is 18.7 Å². The molecule has 2 aromatic rings. The summed E-state index contributed by atoms with van der Waals surface area (Å²) in [6, 6.07) is 5.40. The summed E-state index contributed by atoms with van der Waals surface area (Å²) in [6.45, 7) is 2.17. The molecule has 1 aromatic heterocycles. The Morgan fingerprint density at radius 3 is 2.90 bits per heavy atom. The predicted molar refractivity (Wildman–Crippen MR) is 75.1 cm³/mol. The first-order valence-electron chi connectivity index (χ1n) is 6.64. The van der Waals surface area contributed by atoms with E-state index in [1.54, 1.807) is 24.1 Å². The number of halogens is 1. The van der Waals surface area contributed by atoms with Crippen LogP contribution in [0.25, 0.3) is 11.5 Å². The van der Waals surface area contributed by atoms with Gasteiger partial charge in [-0.1, -0.05) is 13.0 Å². The largest absolute Gasteiger partial charge is 0.480 e. The van der Waals surface area contributed by atoms with E-state index in [-0.39, 0.29) is 5.82 Å². The van der Waals surface area contributed by atoms with Gasteiger partial charge in [0, 0.05) is 12.1 Å². The molecule has 112 valence electrons. The lowest BCUT2D eigenvalue weighted by Crippen LogP contribution is -2.37. The summed E-state index contributed by atoms with van der Waals surface area (Å²) in [5.41, 5.74) is 1.16. The van der Waals surface area contributed by atoms with Crippen LogP contribution in [0.4, 0.5) is 4.39 Å². The summed E-state index contributed by atoms with van der Waals surface area (Å²) in [7, 11) is 1.72. The smallest absolute Gasteiger partial charge is 0.320 e. The van der Waals surface area contributed by atoms with Crippen LogP contribution in [-0.4, -0.2) is 34.0 Å². The van der Waals surface area contributed by atoms with Crippen molar-refractivity contribution in [2.45, 2.75) is 25.9 Å². The van der Waals surface area contributed by atoms with Gasteiger partial charge >= 0.3 is 5.97 Å². The van der Waals surface area contributed by atoms with E-state index in [9.17, 15) is 9.18 Å². The maximum atomic E-state index is 13.2. The molecule has 0 saturated carbocycles. The zero-order valence-electron chi connectivity index (χ0n) is 11.9. The summed E-state index contributed by atoms with van der Waals surface area (Å²) in [6.07, 6.45) is 1.96. The molecule has 6 heteroatoms. The number of hydrogen-bond acceptors (Lipinski definition) is 4. The van der Waals surface area contributed by atoms with Gasteiger partial charge in [-0.15, -0.1) is 0 Å². The zero-order valence-corrected chi connectivity index (χ0v) is 11.9. The van der Waals surface area contributed by atoms with Gasteiger partial charge in [-0.2, -0.15) is 0 Å². The average Bonchev–Trinajstić information content (AvgIpc) is 2.87. The SMILES string of the molecule is CCC(C(=O)O)N(C)Cc1coc(-c2cccc(F)c2)n1. The number of likely N-dealkylation sites (N-methyl/N-ethyl adjacent to an activating group) is 1. The van der Waals surface area contributed by atoms with Crippen LogP contribution < -0.4 is 0 Å². The molecule has 0 amide bonds. The molecule has 21 heavy (non-hydrogen) atoms. The normalized spacial score (nSPS) is 12.6. The van der Waals surface area contributed by atoms with Gasteiger partial charge in [0.1, 0.15) is 18.1 Å². The van der Waals surface area contributed by atoms with E-state index in [1.807, 2.05) is 6.92 Å². The summed E-state index contributed by atoms with van der Waals surface area (Å²) in [4.78, 5) is 17.1. The molecule has 0 aliphatic heterocycles. The highest BCUT2D eigenvalue weighted by molar-refractivity contribution is 5.73. The fourth-order valence-electron chi connectivity index (χ4n) is 2.17. The van der Waals surface area contributed by atoms with Gasteiger partial charge in [0.05, 0.1) is 5.69 Å². The second-order valence-corrected chi connectivity index (χ2v) is 4.83. The molecule has 1 aromatic carbocycles. The minimum absolute atomic E-state index is 0.321. The van der Waals surface area contributed by atoms with Gasteiger partial charge in [-0.3, -0.25) is 9.69 Å². The Hall–Kier alpha value is -2.21. The van der Waals surface area contributed by atoms with Gasteiger partial charge in [0.15, 0.2) is 0 Å². The van der Waals surface area contributed by atoms with Crippen LogP contribution in [0, 0.1) is 5.82 Å². The molecule has 2 rings (SSSR count). The number of benzene rings is 1. The summed E-state index contributed by atoms with van der Waals surface area (Å²) >= 11 is 0. The number of rotatable bonds is 6. The fraction of sp³-hybridized carbons (Fsp3) is 0.333. The third-order valence-corrected chi connectivity index (χ3v) is 3.24. The number of carboxylic acid groups (broad SMARTS) is 1. The van der Waals surface area contributed by atoms with Crippen molar-refractivity contribution in [2.24, 2.45) is 0 Å². The number of oxazole rings is 1. The standard InChI is InChI=1S/C15H17FN2O3/c1-3-13(15(19)20)18(2)8-12-9-21-14(17-12)10-5-4-6-11(16)7-10/h4-7,9,13H,3,8H2,1-2H3,(H,19,20). The van der Waals surface area contributed by atoms with Gasteiger partial charge in [0.25, 0.3) is 0 Å². The molecule has 1 atom stereocenters. The lowest BCUT2D eigenvalue weighted by atomic mass is 10.2. The third kappa shape index (κ3) is 3.66. The Labute approximate surface area is 122 Å². The highest BCUT2D eigenvalue weighted by Gasteiger charge is 2.21. The zero-order chi connectivity index (χ0) is 15.4. The van der Waals surface area contributed by atoms with Crippen molar-refractivity contribution in [1.82, 2.24) is 9.88 Å². The molecular formula is C15H17FN2O3. The Balaban J connectivity index is 2.12. The van der Waals surface area contributed by atoms with Crippen molar-refractivity contribution >= 4 is 5.97 Å². The summed E-state index contributed by atoms with van der Waals surface area (Å²) in [5.74, 6) is -0.906. The Bertz CT molecular complexity index is 627. The van der Waals surface area contributed by atoms with Crippen LogP contribution in [0.1, 0.15) is 19.0 Å². The minimum Gasteiger partial charge on any atom is -0.480 e. The molecule has 1 N–H and O–H groups in total. The molecule has 0 saturated heterocycles. The van der Waals surface area contributed by atoms with Crippen molar-refractivity contribution in [3.05, 3.63) is 42.0 Å². The van der Waals surface area contributed by atoms with Gasteiger partial charge < -0.3 is 9.52 Å².